The number of benzene rings is 3. The van der Waals surface area contributed by atoms with Gasteiger partial charge in [-0.25, -0.2) is 0 Å². The van der Waals surface area contributed by atoms with Crippen LogP contribution < -0.4 is 0 Å². The molecule has 0 aliphatic rings. The highest BCUT2D eigenvalue weighted by Gasteiger charge is 2.12. The Morgan fingerprint density at radius 2 is 0.774 bits per heavy atom. The van der Waals surface area contributed by atoms with E-state index < -0.39 is 0 Å². The third-order valence-corrected chi connectivity index (χ3v) is 8.64. The molecule has 0 aromatic heterocycles. The Morgan fingerprint density at radius 1 is 0.452 bits per heavy atom. The molecule has 0 bridgehead atoms. The van der Waals surface area contributed by atoms with Crippen LogP contribution in [0.5, 0.6) is 0 Å². The lowest BCUT2D eigenvalue weighted by molar-refractivity contribution is 0.532. The number of hydrogen-bond donors (Lipinski definition) is 0. The third-order valence-electron chi connectivity index (χ3n) is 6.00. The van der Waals surface area contributed by atoms with Crippen molar-refractivity contribution in [3.8, 4) is 0 Å². The highest BCUT2D eigenvalue weighted by molar-refractivity contribution is 14.1. The maximum absolute atomic E-state index is 2.45. The number of aryl methyl sites for hydroxylation is 2. The van der Waals surface area contributed by atoms with Crippen LogP contribution in [0.2, 0.25) is 0 Å². The highest BCUT2D eigenvalue weighted by Crippen LogP contribution is 2.29. The van der Waals surface area contributed by atoms with Crippen LogP contribution in [0.1, 0.15) is 65.0 Å². The Labute approximate surface area is 229 Å². The highest BCUT2D eigenvalue weighted by atomic mass is 127. The summed E-state index contributed by atoms with van der Waals surface area (Å²) in [5.74, 6) is 0.658. The summed E-state index contributed by atoms with van der Waals surface area (Å²) in [6, 6.07) is 27.8. The van der Waals surface area contributed by atoms with E-state index in [1.807, 2.05) is 0 Å². The molecule has 0 fully saturated rings. The Balaban J connectivity index is 1.57. The molecule has 3 rings (SSSR count). The Bertz CT molecular complexity index is 830. The fourth-order valence-electron chi connectivity index (χ4n) is 4.05. The van der Waals surface area contributed by atoms with Gasteiger partial charge >= 0.3 is 0 Å². The van der Waals surface area contributed by atoms with Gasteiger partial charge in [-0.05, 0) is 77.8 Å². The lowest BCUT2D eigenvalue weighted by Crippen LogP contribution is -2.02. The summed E-state index contributed by atoms with van der Waals surface area (Å²) in [6.45, 7) is 0. The van der Waals surface area contributed by atoms with E-state index in [-0.39, 0.29) is 0 Å². The van der Waals surface area contributed by atoms with Gasteiger partial charge in [-0.2, -0.15) is 0 Å². The second-order valence-corrected chi connectivity index (χ2v) is 10.5. The summed E-state index contributed by atoms with van der Waals surface area (Å²) in [4.78, 5) is 0. The van der Waals surface area contributed by atoms with Gasteiger partial charge in [-0.15, -0.1) is 0 Å². The summed E-state index contributed by atoms with van der Waals surface area (Å²) in [5, 5.41) is 0. The standard InChI is InChI=1S/C28H31I3/c29-19-24-11-7-22(8-12-24)3-1-5-27(28-17-15-26(21-31)16-18-28)6-2-4-23-9-13-25(20-30)14-10-23/h7-18,27H,1-6,19-21H2. The lowest BCUT2D eigenvalue weighted by Gasteiger charge is -2.18. The monoisotopic (exact) mass is 748 g/mol. The molecule has 3 aromatic carbocycles. The quantitative estimate of drug-likeness (QED) is 0.128. The molecule has 0 unspecified atom stereocenters. The number of halogens is 3. The van der Waals surface area contributed by atoms with E-state index in [2.05, 4.69) is 141 Å². The van der Waals surface area contributed by atoms with Gasteiger partial charge in [0.25, 0.3) is 0 Å². The van der Waals surface area contributed by atoms with Crippen LogP contribution >= 0.6 is 67.8 Å². The largest absolute Gasteiger partial charge is 0.0812 e. The first-order valence-corrected chi connectivity index (χ1v) is 15.7. The van der Waals surface area contributed by atoms with Gasteiger partial charge in [0.2, 0.25) is 0 Å². The SMILES string of the molecule is ICc1ccc(CCCC(CCCc2ccc(CI)cc2)c2ccc(CI)cc2)cc1. The molecular formula is C28H31I3. The van der Waals surface area contributed by atoms with E-state index in [9.17, 15) is 0 Å². The molecule has 0 aliphatic heterocycles. The maximum atomic E-state index is 2.45. The van der Waals surface area contributed by atoms with E-state index in [4.69, 9.17) is 0 Å². The molecule has 0 saturated heterocycles. The first kappa shape index (κ1) is 25.5. The Morgan fingerprint density at radius 3 is 1.13 bits per heavy atom. The molecule has 31 heavy (non-hydrogen) atoms. The van der Waals surface area contributed by atoms with E-state index in [1.165, 1.54) is 71.9 Å². The molecule has 3 heteroatoms. The molecule has 0 heterocycles. The fraction of sp³-hybridized carbons (Fsp3) is 0.357. The molecule has 0 saturated carbocycles. The molecule has 0 radical (unpaired) electrons. The summed E-state index contributed by atoms with van der Waals surface area (Å²) >= 11 is 7.32. The Hall–Kier alpha value is -0.150. The number of hydrogen-bond acceptors (Lipinski definition) is 0. The van der Waals surface area contributed by atoms with Crippen molar-refractivity contribution in [3.05, 3.63) is 106 Å². The summed E-state index contributed by atoms with van der Waals surface area (Å²) in [6.07, 6.45) is 7.42. The zero-order valence-corrected chi connectivity index (χ0v) is 24.5. The first-order chi connectivity index (χ1) is 15.2. The van der Waals surface area contributed by atoms with Crippen LogP contribution in [-0.2, 0) is 26.1 Å². The molecule has 0 N–H and O–H groups in total. The van der Waals surface area contributed by atoms with Crippen molar-refractivity contribution in [3.63, 3.8) is 0 Å². The van der Waals surface area contributed by atoms with Crippen molar-refractivity contribution in [1.29, 1.82) is 0 Å². The van der Waals surface area contributed by atoms with E-state index >= 15 is 0 Å². The van der Waals surface area contributed by atoms with Crippen LogP contribution in [0.3, 0.4) is 0 Å². The van der Waals surface area contributed by atoms with Gasteiger partial charge in [0.1, 0.15) is 0 Å². The number of alkyl halides is 3. The molecular weight excluding hydrogens is 717 g/mol. The minimum atomic E-state index is 0.658. The zero-order valence-electron chi connectivity index (χ0n) is 18.0. The van der Waals surface area contributed by atoms with Crippen molar-refractivity contribution in [2.24, 2.45) is 0 Å². The summed E-state index contributed by atoms with van der Waals surface area (Å²) in [7, 11) is 0. The van der Waals surface area contributed by atoms with Crippen LogP contribution in [0, 0.1) is 0 Å². The molecule has 0 nitrogen and oxygen atoms in total. The van der Waals surface area contributed by atoms with Gasteiger partial charge in [0, 0.05) is 13.3 Å². The third kappa shape index (κ3) is 8.61. The molecule has 164 valence electrons. The van der Waals surface area contributed by atoms with Gasteiger partial charge in [-0.1, -0.05) is 141 Å². The van der Waals surface area contributed by atoms with Gasteiger partial charge in [-0.3, -0.25) is 0 Å². The van der Waals surface area contributed by atoms with Gasteiger partial charge in [0.05, 0.1) is 0 Å². The zero-order chi connectivity index (χ0) is 21.9. The van der Waals surface area contributed by atoms with E-state index in [1.54, 1.807) is 0 Å². The van der Waals surface area contributed by atoms with Crippen molar-refractivity contribution in [1.82, 2.24) is 0 Å². The maximum Gasteiger partial charge on any atom is 0.0247 e. The second-order valence-electron chi connectivity index (χ2n) is 8.26. The molecule has 0 atom stereocenters. The summed E-state index contributed by atoms with van der Waals surface area (Å²) in [5.41, 5.74) is 8.74. The van der Waals surface area contributed by atoms with Crippen LogP contribution in [0.25, 0.3) is 0 Å². The summed E-state index contributed by atoms with van der Waals surface area (Å²) < 4.78 is 3.27. The van der Waals surface area contributed by atoms with Crippen molar-refractivity contribution in [2.75, 3.05) is 0 Å². The second kappa shape index (κ2) is 14.2. The van der Waals surface area contributed by atoms with Crippen molar-refractivity contribution < 1.29 is 0 Å². The fourth-order valence-corrected chi connectivity index (χ4v) is 5.58. The molecule has 0 aliphatic carbocycles. The lowest BCUT2D eigenvalue weighted by atomic mass is 9.87. The van der Waals surface area contributed by atoms with Crippen LogP contribution in [0.4, 0.5) is 0 Å². The predicted octanol–water partition coefficient (Wildman–Crippen LogP) is 9.62. The molecule has 3 aromatic rings. The predicted molar refractivity (Wildman–Crippen MR) is 161 cm³/mol. The number of rotatable bonds is 12. The van der Waals surface area contributed by atoms with E-state index in [0.717, 1.165) is 13.3 Å². The van der Waals surface area contributed by atoms with Crippen LogP contribution in [0.15, 0.2) is 72.8 Å². The minimum Gasteiger partial charge on any atom is -0.0812 e. The van der Waals surface area contributed by atoms with E-state index in [0.29, 0.717) is 5.92 Å². The topological polar surface area (TPSA) is 0 Å². The van der Waals surface area contributed by atoms with Crippen LogP contribution in [-0.4, -0.2) is 0 Å². The van der Waals surface area contributed by atoms with Crippen molar-refractivity contribution in [2.45, 2.75) is 57.7 Å². The average Bonchev–Trinajstić information content (AvgIpc) is 2.84. The van der Waals surface area contributed by atoms with Gasteiger partial charge in [0.15, 0.2) is 0 Å². The first-order valence-electron chi connectivity index (χ1n) is 11.1. The average molecular weight is 748 g/mol. The minimum absolute atomic E-state index is 0.658. The van der Waals surface area contributed by atoms with Crippen molar-refractivity contribution >= 4 is 67.8 Å². The smallest absolute Gasteiger partial charge is 0.0247 e. The van der Waals surface area contributed by atoms with Gasteiger partial charge < -0.3 is 0 Å². The molecule has 0 spiro atoms. The molecule has 0 amide bonds. The Kier molecular flexibility index (Phi) is 11.7. The normalized spacial score (nSPS) is 11.2.